The number of hydrogen-bond acceptors (Lipinski definition) is 4. The fourth-order valence-corrected chi connectivity index (χ4v) is 5.35. The second kappa shape index (κ2) is 8.55. The number of carbonyl (C=O) groups excluding carboxylic acids is 3. The van der Waals surface area contributed by atoms with Gasteiger partial charge in [0.1, 0.15) is 5.57 Å². The highest BCUT2D eigenvalue weighted by molar-refractivity contribution is 9.10. The van der Waals surface area contributed by atoms with Gasteiger partial charge in [0.2, 0.25) is 0 Å². The molecule has 2 aliphatic rings. The van der Waals surface area contributed by atoms with Crippen LogP contribution in [0.2, 0.25) is 0 Å². The monoisotopic (exact) mass is 521 g/mol. The van der Waals surface area contributed by atoms with Crippen molar-refractivity contribution in [3.63, 3.8) is 0 Å². The van der Waals surface area contributed by atoms with Crippen LogP contribution in [0.1, 0.15) is 49.9 Å². The van der Waals surface area contributed by atoms with E-state index in [1.165, 1.54) is 0 Å². The number of allylic oxidation sites excluding steroid dienone is 1. The smallest absolute Gasteiger partial charge is 0.335 e. The van der Waals surface area contributed by atoms with Gasteiger partial charge >= 0.3 is 6.03 Å². The summed E-state index contributed by atoms with van der Waals surface area (Å²) in [5.41, 5.74) is 6.04. The number of fused-ring (bicyclic) bond motifs is 1. The first-order chi connectivity index (χ1) is 15.9. The first-order valence-corrected chi connectivity index (χ1v) is 12.0. The molecule has 6 nitrogen and oxygen atoms in total. The molecule has 2 heterocycles. The molecule has 1 saturated heterocycles. The Bertz CT molecular complexity index is 1310. The summed E-state index contributed by atoms with van der Waals surface area (Å²) in [4.78, 5) is 42.1. The van der Waals surface area contributed by atoms with Crippen LogP contribution in [0.5, 0.6) is 0 Å². The highest BCUT2D eigenvalue weighted by Gasteiger charge is 2.38. The van der Waals surface area contributed by atoms with E-state index in [-0.39, 0.29) is 11.1 Å². The molecule has 2 aromatic carbocycles. The van der Waals surface area contributed by atoms with Gasteiger partial charge in [0.15, 0.2) is 0 Å². The van der Waals surface area contributed by atoms with E-state index in [1.807, 2.05) is 26.0 Å². The number of benzene rings is 2. The van der Waals surface area contributed by atoms with Crippen molar-refractivity contribution < 1.29 is 14.4 Å². The lowest BCUT2D eigenvalue weighted by Gasteiger charge is -2.43. The predicted molar refractivity (Wildman–Crippen MR) is 140 cm³/mol. The van der Waals surface area contributed by atoms with E-state index in [4.69, 9.17) is 0 Å². The van der Waals surface area contributed by atoms with Gasteiger partial charge in [-0.25, -0.2) is 9.69 Å². The Morgan fingerprint density at radius 2 is 1.71 bits per heavy atom. The number of imide groups is 2. The molecule has 0 aliphatic carbocycles. The average Bonchev–Trinajstić information content (AvgIpc) is 2.72. The maximum Gasteiger partial charge on any atom is 0.335 e. The molecular weight excluding hydrogens is 494 g/mol. The number of urea groups is 1. The van der Waals surface area contributed by atoms with Gasteiger partial charge in [-0.15, -0.1) is 0 Å². The van der Waals surface area contributed by atoms with E-state index in [9.17, 15) is 14.4 Å². The summed E-state index contributed by atoms with van der Waals surface area (Å²) in [6.45, 7) is 13.2. The zero-order valence-electron chi connectivity index (χ0n) is 20.2. The summed E-state index contributed by atoms with van der Waals surface area (Å²) in [7, 11) is 0. The second-order valence-electron chi connectivity index (χ2n) is 9.34. The molecule has 0 unspecified atom stereocenters. The third-order valence-corrected chi connectivity index (χ3v) is 6.98. The number of halogens is 1. The van der Waals surface area contributed by atoms with Gasteiger partial charge in [0, 0.05) is 22.3 Å². The molecule has 1 fully saturated rings. The molecule has 0 bridgehead atoms. The van der Waals surface area contributed by atoms with Crippen molar-refractivity contribution in [2.75, 3.05) is 16.3 Å². The summed E-state index contributed by atoms with van der Waals surface area (Å²) in [5.74, 6) is -1.33. The van der Waals surface area contributed by atoms with Gasteiger partial charge in [-0.2, -0.15) is 0 Å². The molecule has 2 aromatic rings. The van der Waals surface area contributed by atoms with Crippen molar-refractivity contribution >= 4 is 56.8 Å². The first-order valence-electron chi connectivity index (χ1n) is 11.2. The number of nitrogens with one attached hydrogen (secondary N) is 1. The number of barbiturate groups is 1. The van der Waals surface area contributed by atoms with Crippen LogP contribution >= 0.6 is 15.9 Å². The molecule has 0 saturated carbocycles. The number of aryl methyl sites for hydroxylation is 2. The van der Waals surface area contributed by atoms with Crippen LogP contribution in [0, 0.1) is 13.8 Å². The molecule has 4 amide bonds. The van der Waals surface area contributed by atoms with Gasteiger partial charge in [0.25, 0.3) is 11.8 Å². The number of nitrogens with zero attached hydrogens (tertiary/aromatic N) is 2. The number of hydrogen-bond donors (Lipinski definition) is 1. The fraction of sp³-hybridized carbons (Fsp3) is 0.296. The van der Waals surface area contributed by atoms with E-state index < -0.39 is 17.8 Å². The second-order valence-corrected chi connectivity index (χ2v) is 10.3. The Kier molecular flexibility index (Phi) is 6.02. The van der Waals surface area contributed by atoms with E-state index >= 15 is 0 Å². The van der Waals surface area contributed by atoms with Gasteiger partial charge in [-0.05, 0) is 100 Å². The predicted octanol–water partition coefficient (Wildman–Crippen LogP) is 5.75. The fourth-order valence-electron chi connectivity index (χ4n) is 4.88. The Morgan fingerprint density at radius 1 is 1.00 bits per heavy atom. The minimum absolute atomic E-state index is 0.0740. The lowest BCUT2D eigenvalue weighted by molar-refractivity contribution is -0.122. The lowest BCUT2D eigenvalue weighted by atomic mass is 9.86. The molecule has 0 radical (unpaired) electrons. The van der Waals surface area contributed by atoms with Crippen LogP contribution in [0.15, 0.2) is 46.5 Å². The summed E-state index contributed by atoms with van der Waals surface area (Å²) in [5, 5.41) is 2.32. The Morgan fingerprint density at radius 3 is 2.35 bits per heavy atom. The Hall–Kier alpha value is -3.19. The third kappa shape index (κ3) is 3.98. The number of rotatable bonds is 3. The Balaban J connectivity index is 1.81. The van der Waals surface area contributed by atoms with Gasteiger partial charge in [0.05, 0.1) is 11.2 Å². The van der Waals surface area contributed by atoms with Crippen LogP contribution in [-0.2, 0) is 9.59 Å². The molecular formula is C27H28BrN3O3. The van der Waals surface area contributed by atoms with Gasteiger partial charge < -0.3 is 4.90 Å². The van der Waals surface area contributed by atoms with Crippen LogP contribution in [0.25, 0.3) is 11.6 Å². The molecule has 0 spiro atoms. The van der Waals surface area contributed by atoms with Crippen LogP contribution in [-0.4, -0.2) is 29.9 Å². The molecule has 7 heteroatoms. The SMILES string of the molecule is CCN1c2cc(C)c(/C=C3/C(=O)NC(=O)N(c4ccc(Br)cc4C)C3=O)cc2C(C)=CC1(C)C. The molecule has 2 aliphatic heterocycles. The topological polar surface area (TPSA) is 69.7 Å². The van der Waals surface area contributed by atoms with Crippen molar-refractivity contribution in [2.45, 2.75) is 47.1 Å². The molecule has 1 N–H and O–H groups in total. The number of carbonyl (C=O) groups is 3. The van der Waals surface area contributed by atoms with Crippen molar-refractivity contribution in [3.8, 4) is 0 Å². The number of amides is 4. The maximum atomic E-state index is 13.4. The summed E-state index contributed by atoms with van der Waals surface area (Å²) >= 11 is 3.40. The van der Waals surface area contributed by atoms with Crippen molar-refractivity contribution in [3.05, 3.63) is 68.7 Å². The highest BCUT2D eigenvalue weighted by Crippen LogP contribution is 2.40. The minimum Gasteiger partial charge on any atom is -0.363 e. The van der Waals surface area contributed by atoms with Gasteiger partial charge in [-0.1, -0.05) is 22.0 Å². The standard InChI is InChI=1S/C27H28BrN3O3/c1-7-30-23-11-15(2)18(12-20(23)17(4)14-27(30,5)6)13-21-24(32)29-26(34)31(25(21)33)22-9-8-19(28)10-16(22)3/h8-14H,7H2,1-6H3,(H,29,32,34)/b21-13-. The zero-order valence-corrected chi connectivity index (χ0v) is 21.8. The van der Waals surface area contributed by atoms with Gasteiger partial charge in [-0.3, -0.25) is 14.9 Å². The minimum atomic E-state index is -0.751. The van der Waals surface area contributed by atoms with E-state index in [0.717, 1.165) is 49.4 Å². The Labute approximate surface area is 208 Å². The molecule has 34 heavy (non-hydrogen) atoms. The zero-order chi connectivity index (χ0) is 24.9. The van der Waals surface area contributed by atoms with E-state index in [1.54, 1.807) is 18.2 Å². The lowest BCUT2D eigenvalue weighted by Crippen LogP contribution is -2.54. The quantitative estimate of drug-likeness (QED) is 0.412. The van der Waals surface area contributed by atoms with Crippen LogP contribution in [0.4, 0.5) is 16.2 Å². The molecule has 176 valence electrons. The van der Waals surface area contributed by atoms with Crippen LogP contribution < -0.4 is 15.1 Å². The maximum absolute atomic E-state index is 13.4. The molecule has 0 aromatic heterocycles. The van der Waals surface area contributed by atoms with Crippen LogP contribution in [0.3, 0.4) is 0 Å². The summed E-state index contributed by atoms with van der Waals surface area (Å²) < 4.78 is 0.836. The average molecular weight is 522 g/mol. The first kappa shape index (κ1) is 24.0. The van der Waals surface area contributed by atoms with E-state index in [0.29, 0.717) is 5.69 Å². The summed E-state index contributed by atoms with van der Waals surface area (Å²) in [6, 6.07) is 8.64. The number of anilines is 2. The normalized spacial score (nSPS) is 18.7. The van der Waals surface area contributed by atoms with E-state index in [2.05, 4.69) is 66.0 Å². The number of likely N-dealkylation sites (N-methyl/N-ethyl adjacent to an activating group) is 1. The van der Waals surface area contributed by atoms with Crippen molar-refractivity contribution in [1.29, 1.82) is 0 Å². The van der Waals surface area contributed by atoms with Crippen molar-refractivity contribution in [1.82, 2.24) is 5.32 Å². The van der Waals surface area contributed by atoms with Crippen molar-refractivity contribution in [2.24, 2.45) is 0 Å². The molecule has 0 atom stereocenters. The third-order valence-electron chi connectivity index (χ3n) is 6.48. The highest BCUT2D eigenvalue weighted by atomic mass is 79.9. The largest absolute Gasteiger partial charge is 0.363 e. The molecule has 4 rings (SSSR count). The summed E-state index contributed by atoms with van der Waals surface area (Å²) in [6.07, 6.45) is 3.82.